The molecule has 0 aromatic heterocycles. The van der Waals surface area contributed by atoms with E-state index in [-0.39, 0.29) is 0 Å². The van der Waals surface area contributed by atoms with Crippen LogP contribution in [0.2, 0.25) is 0 Å². The van der Waals surface area contributed by atoms with E-state index >= 15 is 0 Å². The van der Waals surface area contributed by atoms with Gasteiger partial charge in [0.1, 0.15) is 0 Å². The molecule has 0 N–H and O–H groups in total. The molecule has 0 aromatic rings. The highest BCUT2D eigenvalue weighted by Crippen LogP contribution is 2.09. The lowest BCUT2D eigenvalue weighted by molar-refractivity contribution is 0.304. The number of halogens is 3. The largest absolute Gasteiger partial charge is 0.492 e. The van der Waals surface area contributed by atoms with Gasteiger partial charge in [-0.25, -0.2) is 0 Å². The average molecular weight is 154 g/mol. The average Bonchev–Trinajstić information content (AvgIpc) is 1.81. The van der Waals surface area contributed by atoms with E-state index in [0.717, 1.165) is 0 Å². The molecule has 0 bridgehead atoms. The lowest BCUT2D eigenvalue weighted by Gasteiger charge is -2.24. The van der Waals surface area contributed by atoms with Crippen molar-refractivity contribution < 1.29 is 12.9 Å². The first-order valence-electron chi connectivity index (χ1n) is 3.43. The van der Waals surface area contributed by atoms with E-state index in [1.807, 2.05) is 0 Å². The Balaban J connectivity index is 3.63. The van der Waals surface area contributed by atoms with E-state index < -0.39 is 13.4 Å². The van der Waals surface area contributed by atoms with Gasteiger partial charge in [-0.1, -0.05) is 13.8 Å². The monoisotopic (exact) mass is 154 g/mol. The molecule has 0 saturated carbocycles. The van der Waals surface area contributed by atoms with Crippen LogP contribution in [-0.2, 0) is 0 Å². The van der Waals surface area contributed by atoms with Crippen molar-refractivity contribution >= 4 is 6.98 Å². The van der Waals surface area contributed by atoms with Crippen LogP contribution in [0, 0.1) is 0 Å². The summed E-state index contributed by atoms with van der Waals surface area (Å²) in [7, 11) is 0. The zero-order chi connectivity index (χ0) is 8.20. The number of hydrogen-bond donors (Lipinski definition) is 0. The predicted octanol–water partition coefficient (Wildman–Crippen LogP) is 1.71. The standard InChI is InChI=1S/C5H12BF3N/c1-3-10(4-2)5-6(7,8)9/h3-5H2,1-2H3/q-1. The topological polar surface area (TPSA) is 3.24 Å². The second-order valence-corrected chi connectivity index (χ2v) is 2.20. The Morgan fingerprint density at radius 3 is 1.60 bits per heavy atom. The minimum Gasteiger partial charge on any atom is -0.448 e. The van der Waals surface area contributed by atoms with Crippen molar-refractivity contribution in [1.82, 2.24) is 4.90 Å². The summed E-state index contributed by atoms with van der Waals surface area (Å²) >= 11 is 0. The molecule has 5 heteroatoms. The summed E-state index contributed by atoms with van der Waals surface area (Å²) in [5.74, 6) is 0. The molecule has 1 nitrogen and oxygen atoms in total. The molecule has 0 atom stereocenters. The summed E-state index contributed by atoms with van der Waals surface area (Å²) in [5.41, 5.74) is 0. The first-order valence-corrected chi connectivity index (χ1v) is 3.43. The van der Waals surface area contributed by atoms with Crippen molar-refractivity contribution in [3.8, 4) is 0 Å². The molecular weight excluding hydrogens is 142 g/mol. The molecule has 62 valence electrons. The van der Waals surface area contributed by atoms with Gasteiger partial charge in [0, 0.05) is 0 Å². The normalized spacial score (nSPS) is 12.6. The summed E-state index contributed by atoms with van der Waals surface area (Å²) in [6, 6.07) is 0. The molecule has 0 radical (unpaired) electrons. The van der Waals surface area contributed by atoms with Gasteiger partial charge >= 0.3 is 6.98 Å². The van der Waals surface area contributed by atoms with Gasteiger partial charge in [-0.05, 0) is 19.5 Å². The van der Waals surface area contributed by atoms with E-state index in [1.165, 1.54) is 4.90 Å². The Hall–Kier alpha value is -0.185. The lowest BCUT2D eigenvalue weighted by atomic mass is 9.91. The summed E-state index contributed by atoms with van der Waals surface area (Å²) < 4.78 is 35.1. The first kappa shape index (κ1) is 9.81. The van der Waals surface area contributed by atoms with Crippen LogP contribution in [0.15, 0.2) is 0 Å². The Bertz CT molecular complexity index is 89.4. The Kier molecular flexibility index (Phi) is 3.79. The van der Waals surface area contributed by atoms with Crippen molar-refractivity contribution in [3.05, 3.63) is 0 Å². The minimum atomic E-state index is -4.63. The zero-order valence-corrected chi connectivity index (χ0v) is 6.28. The summed E-state index contributed by atoms with van der Waals surface area (Å²) in [5, 5.41) is 0. The van der Waals surface area contributed by atoms with Crippen molar-refractivity contribution in [2.24, 2.45) is 0 Å². The number of hydrogen-bond acceptors (Lipinski definition) is 1. The van der Waals surface area contributed by atoms with Crippen LogP contribution in [0.5, 0.6) is 0 Å². The van der Waals surface area contributed by atoms with Crippen LogP contribution in [-0.4, -0.2) is 31.4 Å². The molecule has 0 heterocycles. The van der Waals surface area contributed by atoms with Gasteiger partial charge in [0.25, 0.3) is 0 Å². The second-order valence-electron chi connectivity index (χ2n) is 2.20. The summed E-state index contributed by atoms with van der Waals surface area (Å²) in [6.07, 6.45) is -0.729. The van der Waals surface area contributed by atoms with Gasteiger partial charge in [-0.15, -0.1) is 0 Å². The highest BCUT2D eigenvalue weighted by molar-refractivity contribution is 6.58. The fraction of sp³-hybridized carbons (Fsp3) is 1.00. The maximum atomic E-state index is 11.7. The van der Waals surface area contributed by atoms with Crippen molar-refractivity contribution in [2.75, 3.05) is 19.5 Å². The van der Waals surface area contributed by atoms with Gasteiger partial charge in [0.2, 0.25) is 0 Å². The van der Waals surface area contributed by atoms with Crippen LogP contribution in [0.3, 0.4) is 0 Å². The molecule has 0 rings (SSSR count). The van der Waals surface area contributed by atoms with E-state index in [4.69, 9.17) is 0 Å². The van der Waals surface area contributed by atoms with Crippen molar-refractivity contribution in [2.45, 2.75) is 13.8 Å². The molecule has 0 amide bonds. The maximum absolute atomic E-state index is 11.7. The quantitative estimate of drug-likeness (QED) is 0.557. The smallest absolute Gasteiger partial charge is 0.448 e. The van der Waals surface area contributed by atoms with Gasteiger partial charge in [-0.2, -0.15) is 0 Å². The molecule has 0 aliphatic carbocycles. The Morgan fingerprint density at radius 2 is 1.50 bits per heavy atom. The number of rotatable bonds is 4. The molecular formula is C5H12BF3N-. The second kappa shape index (κ2) is 3.86. The molecule has 10 heavy (non-hydrogen) atoms. The molecule has 0 unspecified atom stereocenters. The van der Waals surface area contributed by atoms with Crippen LogP contribution in [0.1, 0.15) is 13.8 Å². The van der Waals surface area contributed by atoms with Crippen LogP contribution < -0.4 is 0 Å². The third kappa shape index (κ3) is 4.67. The zero-order valence-electron chi connectivity index (χ0n) is 6.28. The molecule has 0 spiro atoms. The first-order chi connectivity index (χ1) is 4.49. The van der Waals surface area contributed by atoms with Gasteiger partial charge in [0.05, 0.1) is 0 Å². The van der Waals surface area contributed by atoms with Crippen LogP contribution >= 0.6 is 0 Å². The third-order valence-corrected chi connectivity index (χ3v) is 1.36. The van der Waals surface area contributed by atoms with E-state index in [9.17, 15) is 12.9 Å². The molecule has 0 aromatic carbocycles. The fourth-order valence-corrected chi connectivity index (χ4v) is 0.775. The lowest BCUT2D eigenvalue weighted by Crippen LogP contribution is -2.37. The maximum Gasteiger partial charge on any atom is 0.492 e. The molecule has 0 fully saturated rings. The summed E-state index contributed by atoms with van der Waals surface area (Å²) in [6.45, 7) is -0.234. The SMILES string of the molecule is CCN(CC)C[B-](F)(F)F. The van der Waals surface area contributed by atoms with E-state index in [0.29, 0.717) is 13.1 Å². The highest BCUT2D eigenvalue weighted by Gasteiger charge is 2.24. The predicted molar refractivity (Wildman–Crippen MR) is 36.9 cm³/mol. The van der Waals surface area contributed by atoms with E-state index in [2.05, 4.69) is 0 Å². The Labute approximate surface area is 59.3 Å². The third-order valence-electron chi connectivity index (χ3n) is 1.36. The van der Waals surface area contributed by atoms with Crippen LogP contribution in [0.4, 0.5) is 12.9 Å². The van der Waals surface area contributed by atoms with Gasteiger partial charge in [0.15, 0.2) is 0 Å². The van der Waals surface area contributed by atoms with Crippen molar-refractivity contribution in [1.29, 1.82) is 0 Å². The molecule has 0 aliphatic heterocycles. The molecule has 0 saturated heterocycles. The van der Waals surface area contributed by atoms with Crippen molar-refractivity contribution in [3.63, 3.8) is 0 Å². The highest BCUT2D eigenvalue weighted by atomic mass is 19.4. The fourth-order valence-electron chi connectivity index (χ4n) is 0.775. The van der Waals surface area contributed by atoms with E-state index in [1.54, 1.807) is 13.8 Å². The summed E-state index contributed by atoms with van der Waals surface area (Å²) in [4.78, 5) is 1.36. The van der Waals surface area contributed by atoms with Gasteiger partial charge < -0.3 is 17.8 Å². The number of nitrogens with zero attached hydrogens (tertiary/aromatic N) is 1. The van der Waals surface area contributed by atoms with Gasteiger partial charge in [-0.3, -0.25) is 0 Å². The minimum absolute atomic E-state index is 0.470. The van der Waals surface area contributed by atoms with Crippen LogP contribution in [0.25, 0.3) is 0 Å². The Morgan fingerprint density at radius 1 is 1.10 bits per heavy atom. The molecule has 0 aliphatic rings.